The molecule has 0 aliphatic heterocycles. The van der Waals surface area contributed by atoms with Crippen molar-refractivity contribution in [2.75, 3.05) is 13.7 Å². The molecule has 126 valence electrons. The van der Waals surface area contributed by atoms with E-state index >= 15 is 0 Å². The topological polar surface area (TPSA) is 51.4 Å². The molecular weight excluding hydrogens is 322 g/mol. The van der Waals surface area contributed by atoms with Crippen molar-refractivity contribution in [2.45, 2.75) is 26.4 Å². The second-order valence-corrected chi connectivity index (χ2v) is 6.54. The van der Waals surface area contributed by atoms with Crippen LogP contribution in [0.15, 0.2) is 46.2 Å². The van der Waals surface area contributed by atoms with Gasteiger partial charge in [-0.3, -0.25) is 4.90 Å². The molecule has 6 heteroatoms. The Kier molecular flexibility index (Phi) is 5.27. The summed E-state index contributed by atoms with van der Waals surface area (Å²) in [5, 5.41) is 10.4. The number of rotatable bonds is 7. The Labute approximate surface area is 145 Å². The van der Waals surface area contributed by atoms with Gasteiger partial charge in [-0.15, -0.1) is 21.5 Å². The van der Waals surface area contributed by atoms with Crippen LogP contribution in [-0.2, 0) is 6.54 Å². The van der Waals surface area contributed by atoms with Crippen LogP contribution < -0.4 is 4.74 Å². The maximum atomic E-state index is 5.83. The fourth-order valence-electron chi connectivity index (χ4n) is 2.37. The predicted molar refractivity (Wildman–Crippen MR) is 95.1 cm³/mol. The first kappa shape index (κ1) is 16.7. The summed E-state index contributed by atoms with van der Waals surface area (Å²) in [6, 6.07) is 12.2. The Hall–Kier alpha value is -2.18. The number of hydrogen-bond donors (Lipinski definition) is 0. The lowest BCUT2D eigenvalue weighted by Gasteiger charge is -2.21. The minimum absolute atomic E-state index is 0.0396. The Balaban J connectivity index is 1.65. The molecule has 5 nitrogen and oxygen atoms in total. The summed E-state index contributed by atoms with van der Waals surface area (Å²) in [5.41, 5.74) is 1.21. The first-order valence-electron chi connectivity index (χ1n) is 7.96. The van der Waals surface area contributed by atoms with Gasteiger partial charge < -0.3 is 9.15 Å². The first-order valence-corrected chi connectivity index (χ1v) is 8.84. The molecular formula is C18H21N3O2S. The van der Waals surface area contributed by atoms with Gasteiger partial charge in [-0.05, 0) is 50.0 Å². The standard InChI is InChI=1S/C18H21N3O2S/c1-4-22-15-9-7-14(8-10-15)12-21(3)13(2)17-19-20-18(23-17)16-6-5-11-24-16/h5-11,13H,4,12H2,1-3H3. The molecule has 2 heterocycles. The third kappa shape index (κ3) is 3.83. The Morgan fingerprint density at radius 1 is 1.21 bits per heavy atom. The zero-order valence-corrected chi connectivity index (χ0v) is 14.9. The Morgan fingerprint density at radius 2 is 2.00 bits per heavy atom. The van der Waals surface area contributed by atoms with Crippen molar-refractivity contribution in [3.05, 3.63) is 53.2 Å². The van der Waals surface area contributed by atoms with E-state index in [-0.39, 0.29) is 6.04 Å². The van der Waals surface area contributed by atoms with Crippen molar-refractivity contribution in [1.29, 1.82) is 0 Å². The average Bonchev–Trinajstić information content (AvgIpc) is 3.27. The van der Waals surface area contributed by atoms with Crippen molar-refractivity contribution in [2.24, 2.45) is 0 Å². The van der Waals surface area contributed by atoms with Gasteiger partial charge in [0.2, 0.25) is 5.89 Å². The highest BCUT2D eigenvalue weighted by molar-refractivity contribution is 7.13. The molecule has 0 N–H and O–H groups in total. The number of benzene rings is 1. The van der Waals surface area contributed by atoms with Crippen LogP contribution in [0.5, 0.6) is 5.75 Å². The molecule has 0 aliphatic rings. The van der Waals surface area contributed by atoms with Crippen LogP contribution in [0.1, 0.15) is 31.3 Å². The van der Waals surface area contributed by atoms with E-state index in [1.54, 1.807) is 11.3 Å². The molecule has 0 saturated carbocycles. The summed E-state index contributed by atoms with van der Waals surface area (Å²) in [5.74, 6) is 2.11. The van der Waals surface area contributed by atoms with Gasteiger partial charge in [-0.25, -0.2) is 0 Å². The lowest BCUT2D eigenvalue weighted by Crippen LogP contribution is -2.22. The van der Waals surface area contributed by atoms with E-state index in [4.69, 9.17) is 9.15 Å². The maximum Gasteiger partial charge on any atom is 0.257 e. The number of nitrogens with zero attached hydrogens (tertiary/aromatic N) is 3. The quantitative estimate of drug-likeness (QED) is 0.637. The van der Waals surface area contributed by atoms with Gasteiger partial charge in [0.1, 0.15) is 5.75 Å². The maximum absolute atomic E-state index is 5.83. The van der Waals surface area contributed by atoms with E-state index in [2.05, 4.69) is 41.2 Å². The number of thiophene rings is 1. The highest BCUT2D eigenvalue weighted by atomic mass is 32.1. The number of ether oxygens (including phenoxy) is 1. The lowest BCUT2D eigenvalue weighted by atomic mass is 10.2. The van der Waals surface area contributed by atoms with Crippen molar-refractivity contribution >= 4 is 11.3 Å². The summed E-state index contributed by atoms with van der Waals surface area (Å²) in [6.45, 7) is 5.53. The van der Waals surface area contributed by atoms with Gasteiger partial charge in [0, 0.05) is 6.54 Å². The fourth-order valence-corrected chi connectivity index (χ4v) is 3.02. The minimum atomic E-state index is 0.0396. The molecule has 0 fully saturated rings. The molecule has 3 aromatic rings. The third-order valence-electron chi connectivity index (χ3n) is 3.86. The molecule has 2 aromatic heterocycles. The molecule has 1 aromatic carbocycles. The van der Waals surface area contributed by atoms with Crippen LogP contribution in [0.25, 0.3) is 10.8 Å². The second-order valence-electron chi connectivity index (χ2n) is 5.59. The van der Waals surface area contributed by atoms with Crippen molar-refractivity contribution in [1.82, 2.24) is 15.1 Å². The fraction of sp³-hybridized carbons (Fsp3) is 0.333. The van der Waals surface area contributed by atoms with E-state index in [1.807, 2.05) is 36.6 Å². The monoisotopic (exact) mass is 343 g/mol. The van der Waals surface area contributed by atoms with Crippen LogP contribution >= 0.6 is 11.3 Å². The molecule has 0 aliphatic carbocycles. The minimum Gasteiger partial charge on any atom is -0.494 e. The molecule has 1 unspecified atom stereocenters. The van der Waals surface area contributed by atoms with Gasteiger partial charge in [0.25, 0.3) is 5.89 Å². The Morgan fingerprint density at radius 3 is 2.67 bits per heavy atom. The van der Waals surface area contributed by atoms with E-state index in [0.29, 0.717) is 18.4 Å². The largest absolute Gasteiger partial charge is 0.494 e. The molecule has 0 amide bonds. The highest BCUT2D eigenvalue weighted by Crippen LogP contribution is 2.27. The zero-order chi connectivity index (χ0) is 16.9. The average molecular weight is 343 g/mol. The van der Waals surface area contributed by atoms with Crippen LogP contribution in [0.3, 0.4) is 0 Å². The smallest absolute Gasteiger partial charge is 0.257 e. The summed E-state index contributed by atoms with van der Waals surface area (Å²) >= 11 is 1.60. The van der Waals surface area contributed by atoms with E-state index in [9.17, 15) is 0 Å². The van der Waals surface area contributed by atoms with Crippen LogP contribution in [-0.4, -0.2) is 28.8 Å². The molecule has 3 rings (SSSR count). The summed E-state index contributed by atoms with van der Waals surface area (Å²) in [6.07, 6.45) is 0. The predicted octanol–water partition coefficient (Wildman–Crippen LogP) is 4.39. The van der Waals surface area contributed by atoms with Crippen LogP contribution in [0.4, 0.5) is 0 Å². The first-order chi connectivity index (χ1) is 11.7. The summed E-state index contributed by atoms with van der Waals surface area (Å²) in [7, 11) is 2.05. The summed E-state index contributed by atoms with van der Waals surface area (Å²) < 4.78 is 11.3. The van der Waals surface area contributed by atoms with E-state index in [1.165, 1.54) is 5.56 Å². The highest BCUT2D eigenvalue weighted by Gasteiger charge is 2.19. The number of hydrogen-bond acceptors (Lipinski definition) is 6. The molecule has 24 heavy (non-hydrogen) atoms. The molecule has 0 spiro atoms. The normalized spacial score (nSPS) is 12.5. The lowest BCUT2D eigenvalue weighted by molar-refractivity contribution is 0.218. The molecule has 0 bridgehead atoms. The van der Waals surface area contributed by atoms with Gasteiger partial charge >= 0.3 is 0 Å². The molecule has 1 atom stereocenters. The van der Waals surface area contributed by atoms with Gasteiger partial charge in [0.15, 0.2) is 0 Å². The van der Waals surface area contributed by atoms with Crippen molar-refractivity contribution < 1.29 is 9.15 Å². The Bertz CT molecular complexity index is 753. The zero-order valence-electron chi connectivity index (χ0n) is 14.1. The second kappa shape index (κ2) is 7.59. The molecule has 0 saturated heterocycles. The van der Waals surface area contributed by atoms with Gasteiger partial charge in [0.05, 0.1) is 17.5 Å². The third-order valence-corrected chi connectivity index (χ3v) is 4.72. The van der Waals surface area contributed by atoms with Crippen molar-refractivity contribution in [3.8, 4) is 16.5 Å². The van der Waals surface area contributed by atoms with Gasteiger partial charge in [-0.1, -0.05) is 18.2 Å². The van der Waals surface area contributed by atoms with E-state index in [0.717, 1.165) is 17.2 Å². The van der Waals surface area contributed by atoms with E-state index < -0.39 is 0 Å². The number of aromatic nitrogens is 2. The molecule has 0 radical (unpaired) electrons. The summed E-state index contributed by atoms with van der Waals surface area (Å²) in [4.78, 5) is 3.18. The van der Waals surface area contributed by atoms with Crippen molar-refractivity contribution in [3.63, 3.8) is 0 Å². The van der Waals surface area contributed by atoms with Gasteiger partial charge in [-0.2, -0.15) is 0 Å². The van der Waals surface area contributed by atoms with Crippen LogP contribution in [0.2, 0.25) is 0 Å². The van der Waals surface area contributed by atoms with Crippen LogP contribution in [0, 0.1) is 0 Å². The SMILES string of the molecule is CCOc1ccc(CN(C)C(C)c2nnc(-c3cccs3)o2)cc1.